The number of hydrogen-bond acceptors (Lipinski definition) is 5. The van der Waals surface area contributed by atoms with Crippen LogP contribution in [0.3, 0.4) is 0 Å². The van der Waals surface area contributed by atoms with Crippen molar-refractivity contribution < 1.29 is 14.7 Å². The fourth-order valence-corrected chi connectivity index (χ4v) is 4.45. The Morgan fingerprint density at radius 3 is 2.80 bits per heavy atom. The van der Waals surface area contributed by atoms with Gasteiger partial charge in [-0.25, -0.2) is 0 Å². The average molecular weight is 356 g/mol. The number of hydrogen-bond donors (Lipinski definition) is 2. The molecule has 2 aromatic rings. The molecule has 130 valence electrons. The number of ketones is 1. The number of carbonyl (C=O) groups is 2. The molecule has 1 aromatic heterocycles. The first kappa shape index (κ1) is 16.4. The highest BCUT2D eigenvalue weighted by atomic mass is 32.1. The van der Waals surface area contributed by atoms with Crippen molar-refractivity contribution >= 4 is 28.7 Å². The van der Waals surface area contributed by atoms with E-state index < -0.39 is 5.60 Å². The minimum atomic E-state index is -0.757. The van der Waals surface area contributed by atoms with Crippen molar-refractivity contribution in [2.24, 2.45) is 0 Å². The van der Waals surface area contributed by atoms with E-state index in [0.717, 1.165) is 16.1 Å². The SMILES string of the molecule is O=C1Cc2cc(C(=O)CN3CCC(O)(c4cccs4)CC3)ccc2N1. The predicted molar refractivity (Wildman–Crippen MR) is 97.0 cm³/mol. The van der Waals surface area contributed by atoms with Crippen LogP contribution in [-0.2, 0) is 16.8 Å². The van der Waals surface area contributed by atoms with E-state index in [-0.39, 0.29) is 11.7 Å². The van der Waals surface area contributed by atoms with E-state index >= 15 is 0 Å². The van der Waals surface area contributed by atoms with Gasteiger partial charge in [-0.3, -0.25) is 14.5 Å². The fourth-order valence-electron chi connectivity index (χ4n) is 3.57. The Labute approximate surface area is 150 Å². The molecule has 2 aliphatic rings. The summed E-state index contributed by atoms with van der Waals surface area (Å²) >= 11 is 1.58. The number of carbonyl (C=O) groups excluding carboxylic acids is 2. The normalized spacial score (nSPS) is 19.5. The third-order valence-corrected chi connectivity index (χ3v) is 6.15. The Balaban J connectivity index is 1.38. The number of aliphatic hydroxyl groups is 1. The number of thiophene rings is 1. The highest BCUT2D eigenvalue weighted by molar-refractivity contribution is 7.10. The summed E-state index contributed by atoms with van der Waals surface area (Å²) in [4.78, 5) is 27.1. The third kappa shape index (κ3) is 3.25. The van der Waals surface area contributed by atoms with E-state index in [1.54, 1.807) is 23.5 Å². The molecule has 25 heavy (non-hydrogen) atoms. The highest BCUT2D eigenvalue weighted by Crippen LogP contribution is 2.35. The predicted octanol–water partition coefficient (Wildman–Crippen LogP) is 2.41. The maximum absolute atomic E-state index is 12.6. The van der Waals surface area contributed by atoms with Gasteiger partial charge in [-0.2, -0.15) is 0 Å². The van der Waals surface area contributed by atoms with Crippen molar-refractivity contribution in [1.29, 1.82) is 0 Å². The Hall–Kier alpha value is -2.02. The fraction of sp³-hybridized carbons (Fsp3) is 0.368. The monoisotopic (exact) mass is 356 g/mol. The van der Waals surface area contributed by atoms with Crippen molar-refractivity contribution in [2.45, 2.75) is 24.9 Å². The van der Waals surface area contributed by atoms with Gasteiger partial charge in [0.15, 0.2) is 5.78 Å². The number of benzene rings is 1. The summed E-state index contributed by atoms with van der Waals surface area (Å²) in [7, 11) is 0. The molecule has 0 unspecified atom stereocenters. The molecule has 4 rings (SSSR count). The minimum Gasteiger partial charge on any atom is -0.384 e. The summed E-state index contributed by atoms with van der Waals surface area (Å²) in [5.41, 5.74) is 1.59. The van der Waals surface area contributed by atoms with Crippen LogP contribution in [0.15, 0.2) is 35.7 Å². The van der Waals surface area contributed by atoms with Gasteiger partial charge in [0.1, 0.15) is 5.60 Å². The minimum absolute atomic E-state index is 0.0245. The van der Waals surface area contributed by atoms with Crippen LogP contribution in [-0.4, -0.2) is 41.3 Å². The molecule has 1 aromatic carbocycles. The smallest absolute Gasteiger partial charge is 0.228 e. The molecular weight excluding hydrogens is 336 g/mol. The molecule has 0 spiro atoms. The molecule has 0 bridgehead atoms. The maximum Gasteiger partial charge on any atom is 0.228 e. The molecule has 2 N–H and O–H groups in total. The van der Waals surface area contributed by atoms with E-state index in [2.05, 4.69) is 10.2 Å². The van der Waals surface area contributed by atoms with Crippen LogP contribution in [0.2, 0.25) is 0 Å². The Bertz CT molecular complexity index is 808. The first-order valence-electron chi connectivity index (χ1n) is 8.48. The lowest BCUT2D eigenvalue weighted by Gasteiger charge is -2.37. The highest BCUT2D eigenvalue weighted by Gasteiger charge is 2.35. The summed E-state index contributed by atoms with van der Waals surface area (Å²) in [6, 6.07) is 9.34. The lowest BCUT2D eigenvalue weighted by atomic mass is 9.89. The summed E-state index contributed by atoms with van der Waals surface area (Å²) in [5, 5.41) is 15.6. The lowest BCUT2D eigenvalue weighted by molar-refractivity contribution is -0.115. The second-order valence-electron chi connectivity index (χ2n) is 6.81. The van der Waals surface area contributed by atoms with Gasteiger partial charge in [0, 0.05) is 29.2 Å². The number of nitrogens with zero attached hydrogens (tertiary/aromatic N) is 1. The number of anilines is 1. The average Bonchev–Trinajstić information content (AvgIpc) is 3.25. The van der Waals surface area contributed by atoms with E-state index in [1.807, 2.05) is 23.6 Å². The second-order valence-corrected chi connectivity index (χ2v) is 7.75. The van der Waals surface area contributed by atoms with Crippen molar-refractivity contribution in [3.8, 4) is 0 Å². The van der Waals surface area contributed by atoms with Gasteiger partial charge in [-0.05, 0) is 48.1 Å². The molecule has 0 saturated carbocycles. The largest absolute Gasteiger partial charge is 0.384 e. The molecule has 5 nitrogen and oxygen atoms in total. The Kier molecular flexibility index (Phi) is 4.19. The zero-order valence-corrected chi connectivity index (χ0v) is 14.6. The molecule has 2 aliphatic heterocycles. The van der Waals surface area contributed by atoms with Crippen LogP contribution in [0, 0.1) is 0 Å². The van der Waals surface area contributed by atoms with Crippen LogP contribution in [0.4, 0.5) is 5.69 Å². The molecule has 6 heteroatoms. The van der Waals surface area contributed by atoms with Gasteiger partial charge in [0.05, 0.1) is 13.0 Å². The number of nitrogens with one attached hydrogen (secondary N) is 1. The molecule has 1 amide bonds. The number of amides is 1. The van der Waals surface area contributed by atoms with Gasteiger partial charge in [0.25, 0.3) is 0 Å². The molecule has 1 fully saturated rings. The van der Waals surface area contributed by atoms with Crippen LogP contribution < -0.4 is 5.32 Å². The van der Waals surface area contributed by atoms with Crippen molar-refractivity contribution in [3.63, 3.8) is 0 Å². The molecule has 3 heterocycles. The lowest BCUT2D eigenvalue weighted by Crippen LogP contribution is -2.44. The zero-order chi connectivity index (χ0) is 17.4. The van der Waals surface area contributed by atoms with Crippen molar-refractivity contribution in [1.82, 2.24) is 4.90 Å². The third-order valence-electron chi connectivity index (χ3n) is 5.08. The van der Waals surface area contributed by atoms with Gasteiger partial charge in [-0.15, -0.1) is 11.3 Å². The van der Waals surface area contributed by atoms with E-state index in [4.69, 9.17) is 0 Å². The van der Waals surface area contributed by atoms with Gasteiger partial charge < -0.3 is 10.4 Å². The van der Waals surface area contributed by atoms with E-state index in [0.29, 0.717) is 44.5 Å². The van der Waals surface area contributed by atoms with Crippen molar-refractivity contribution in [2.75, 3.05) is 25.0 Å². The van der Waals surface area contributed by atoms with E-state index in [1.165, 1.54) is 0 Å². The quantitative estimate of drug-likeness (QED) is 0.826. The molecular formula is C19H20N2O3S. The van der Waals surface area contributed by atoms with Gasteiger partial charge >= 0.3 is 0 Å². The Morgan fingerprint density at radius 1 is 1.28 bits per heavy atom. The second kappa shape index (κ2) is 6.37. The maximum atomic E-state index is 12.6. The topological polar surface area (TPSA) is 69.6 Å². The van der Waals surface area contributed by atoms with Crippen molar-refractivity contribution in [3.05, 3.63) is 51.7 Å². The molecule has 0 atom stereocenters. The summed E-state index contributed by atoms with van der Waals surface area (Å²) in [6.07, 6.45) is 1.63. The van der Waals surface area contributed by atoms with Gasteiger partial charge in [0.2, 0.25) is 5.91 Å². The summed E-state index contributed by atoms with van der Waals surface area (Å²) in [5.74, 6) is 0.0344. The standard InChI is InChI=1S/C19H20N2O3S/c22-16(13-3-4-15-14(10-13)11-18(23)20-15)12-21-7-5-19(24,6-8-21)17-2-1-9-25-17/h1-4,9-10,24H,5-8,11-12H2,(H,20,23). The number of likely N-dealkylation sites (tertiary alicyclic amines) is 1. The first-order valence-corrected chi connectivity index (χ1v) is 9.36. The first-order chi connectivity index (χ1) is 12.0. The van der Waals surface area contributed by atoms with Crippen LogP contribution in [0.25, 0.3) is 0 Å². The van der Waals surface area contributed by atoms with Gasteiger partial charge in [-0.1, -0.05) is 6.07 Å². The summed E-state index contributed by atoms with van der Waals surface area (Å²) < 4.78 is 0. The molecule has 1 saturated heterocycles. The number of rotatable bonds is 4. The number of Topliss-reactive ketones (excluding diaryl/α,β-unsaturated/α-hetero) is 1. The molecule has 0 radical (unpaired) electrons. The molecule has 0 aliphatic carbocycles. The van der Waals surface area contributed by atoms with Crippen LogP contribution in [0.5, 0.6) is 0 Å². The number of piperidine rings is 1. The van der Waals surface area contributed by atoms with Crippen LogP contribution >= 0.6 is 11.3 Å². The zero-order valence-electron chi connectivity index (χ0n) is 13.8. The summed E-state index contributed by atoms with van der Waals surface area (Å²) in [6.45, 7) is 1.75. The number of fused-ring (bicyclic) bond motifs is 1. The van der Waals surface area contributed by atoms with Crippen LogP contribution in [0.1, 0.15) is 33.6 Å². The Morgan fingerprint density at radius 2 is 2.08 bits per heavy atom. The van der Waals surface area contributed by atoms with E-state index in [9.17, 15) is 14.7 Å².